The van der Waals surface area contributed by atoms with E-state index in [-0.39, 0.29) is 6.04 Å². The molecule has 0 fully saturated rings. The molecule has 0 saturated carbocycles. The average Bonchev–Trinajstić information content (AvgIpc) is 2.46. The molecule has 114 valence electrons. The number of hydrogen-bond acceptors (Lipinski definition) is 6. The summed E-state index contributed by atoms with van der Waals surface area (Å²) < 4.78 is 21.0. The molecule has 0 aliphatic rings. The molecule has 0 spiro atoms. The van der Waals surface area contributed by atoms with Gasteiger partial charge in [-0.05, 0) is 19.1 Å². The van der Waals surface area contributed by atoms with Crippen LogP contribution in [0.5, 0.6) is 5.75 Å². The molecule has 0 unspecified atom stereocenters. The fourth-order valence-corrected chi connectivity index (χ4v) is 1.43. The second kappa shape index (κ2) is 10.6. The minimum Gasteiger partial charge on any atom is -0.490 e. The number of nitrogens with zero attached hydrogens (tertiary/aromatic N) is 1. The number of pyridine rings is 1. The van der Waals surface area contributed by atoms with Crippen LogP contribution in [0.15, 0.2) is 18.3 Å². The fourth-order valence-electron chi connectivity index (χ4n) is 1.43. The zero-order valence-electron chi connectivity index (χ0n) is 12.2. The monoisotopic (exact) mass is 284 g/mol. The van der Waals surface area contributed by atoms with Crippen molar-refractivity contribution in [3.63, 3.8) is 0 Å². The van der Waals surface area contributed by atoms with Crippen LogP contribution in [0.3, 0.4) is 0 Å². The first-order valence-corrected chi connectivity index (χ1v) is 6.72. The van der Waals surface area contributed by atoms with Gasteiger partial charge in [-0.15, -0.1) is 0 Å². The van der Waals surface area contributed by atoms with Crippen LogP contribution in [0, 0.1) is 0 Å². The number of hydrogen-bond donors (Lipinski definition) is 1. The molecule has 1 atom stereocenters. The Hall–Kier alpha value is -1.21. The van der Waals surface area contributed by atoms with Crippen LogP contribution in [-0.2, 0) is 14.2 Å². The minimum absolute atomic E-state index is 0.0644. The Labute approximate surface area is 120 Å². The lowest BCUT2D eigenvalue weighted by molar-refractivity contribution is 0.0179. The molecular weight excluding hydrogens is 260 g/mol. The standard InChI is InChI=1S/C14H24N2O4/c1-12(15)14-4-3-13(11-16-14)20-10-9-19-8-7-18-6-5-17-2/h3-4,11-12H,5-10,15H2,1-2H3/t12-/m1/s1. The largest absolute Gasteiger partial charge is 0.490 e. The van der Waals surface area contributed by atoms with Crippen LogP contribution in [0.25, 0.3) is 0 Å². The van der Waals surface area contributed by atoms with E-state index in [4.69, 9.17) is 24.7 Å². The summed E-state index contributed by atoms with van der Waals surface area (Å²) in [5, 5.41) is 0. The highest BCUT2D eigenvalue weighted by molar-refractivity contribution is 5.21. The number of nitrogens with two attached hydrogens (primary N) is 1. The van der Waals surface area contributed by atoms with Gasteiger partial charge in [0.1, 0.15) is 12.4 Å². The molecule has 20 heavy (non-hydrogen) atoms. The third kappa shape index (κ3) is 7.40. The summed E-state index contributed by atoms with van der Waals surface area (Å²) in [7, 11) is 1.65. The van der Waals surface area contributed by atoms with Crippen molar-refractivity contribution >= 4 is 0 Å². The first kappa shape index (κ1) is 16.8. The van der Waals surface area contributed by atoms with Crippen molar-refractivity contribution in [1.82, 2.24) is 4.98 Å². The highest BCUT2D eigenvalue weighted by Crippen LogP contribution is 2.12. The van der Waals surface area contributed by atoms with Crippen molar-refractivity contribution in [2.24, 2.45) is 5.73 Å². The molecule has 1 rings (SSSR count). The first-order chi connectivity index (χ1) is 9.74. The highest BCUT2D eigenvalue weighted by atomic mass is 16.6. The van der Waals surface area contributed by atoms with Crippen LogP contribution in [0.1, 0.15) is 18.7 Å². The van der Waals surface area contributed by atoms with E-state index in [9.17, 15) is 0 Å². The molecule has 1 aromatic heterocycles. The second-order valence-corrected chi connectivity index (χ2v) is 4.27. The maximum atomic E-state index is 5.72. The maximum Gasteiger partial charge on any atom is 0.137 e. The van der Waals surface area contributed by atoms with E-state index < -0.39 is 0 Å². The molecule has 0 aliphatic heterocycles. The zero-order chi connectivity index (χ0) is 14.6. The summed E-state index contributed by atoms with van der Waals surface area (Å²) in [4.78, 5) is 4.21. The SMILES string of the molecule is COCCOCCOCCOc1ccc([C@@H](C)N)nc1. The Morgan fingerprint density at radius 2 is 1.70 bits per heavy atom. The van der Waals surface area contributed by atoms with Crippen LogP contribution in [0.4, 0.5) is 0 Å². The van der Waals surface area contributed by atoms with Crippen LogP contribution in [0.2, 0.25) is 0 Å². The quantitative estimate of drug-likeness (QED) is 0.615. The van der Waals surface area contributed by atoms with Gasteiger partial charge in [-0.3, -0.25) is 4.98 Å². The van der Waals surface area contributed by atoms with Gasteiger partial charge in [0, 0.05) is 13.2 Å². The second-order valence-electron chi connectivity index (χ2n) is 4.27. The van der Waals surface area contributed by atoms with E-state index >= 15 is 0 Å². The summed E-state index contributed by atoms with van der Waals surface area (Å²) >= 11 is 0. The van der Waals surface area contributed by atoms with Crippen molar-refractivity contribution < 1.29 is 18.9 Å². The molecule has 0 aromatic carbocycles. The van der Waals surface area contributed by atoms with Gasteiger partial charge >= 0.3 is 0 Å². The zero-order valence-corrected chi connectivity index (χ0v) is 12.2. The molecule has 0 radical (unpaired) electrons. The predicted octanol–water partition coefficient (Wildman–Crippen LogP) is 1.16. The molecule has 1 heterocycles. The molecule has 0 bridgehead atoms. The number of rotatable bonds is 11. The summed E-state index contributed by atoms with van der Waals surface area (Å²) in [6, 6.07) is 3.66. The van der Waals surface area contributed by atoms with E-state index in [1.165, 1.54) is 0 Å². The van der Waals surface area contributed by atoms with Crippen molar-refractivity contribution in [3.05, 3.63) is 24.0 Å². The Morgan fingerprint density at radius 3 is 2.25 bits per heavy atom. The molecule has 6 heteroatoms. The van der Waals surface area contributed by atoms with Gasteiger partial charge in [-0.25, -0.2) is 0 Å². The van der Waals surface area contributed by atoms with Crippen LogP contribution < -0.4 is 10.5 Å². The maximum absolute atomic E-state index is 5.72. The van der Waals surface area contributed by atoms with Crippen LogP contribution >= 0.6 is 0 Å². The number of ether oxygens (including phenoxy) is 4. The van der Waals surface area contributed by atoms with E-state index in [0.717, 1.165) is 5.69 Å². The topological polar surface area (TPSA) is 75.8 Å². The van der Waals surface area contributed by atoms with Gasteiger partial charge in [-0.1, -0.05) is 0 Å². The van der Waals surface area contributed by atoms with Gasteiger partial charge in [0.15, 0.2) is 0 Å². The van der Waals surface area contributed by atoms with Gasteiger partial charge in [-0.2, -0.15) is 0 Å². The molecule has 1 aromatic rings. The van der Waals surface area contributed by atoms with E-state index in [1.807, 2.05) is 19.1 Å². The predicted molar refractivity (Wildman–Crippen MR) is 75.8 cm³/mol. The number of aromatic nitrogens is 1. The van der Waals surface area contributed by atoms with Gasteiger partial charge < -0.3 is 24.7 Å². The van der Waals surface area contributed by atoms with E-state index in [1.54, 1.807) is 13.3 Å². The minimum atomic E-state index is -0.0644. The van der Waals surface area contributed by atoms with E-state index in [2.05, 4.69) is 4.98 Å². The third-order valence-corrected chi connectivity index (χ3v) is 2.53. The normalized spacial score (nSPS) is 12.3. The third-order valence-electron chi connectivity index (χ3n) is 2.53. The average molecular weight is 284 g/mol. The van der Waals surface area contributed by atoms with E-state index in [0.29, 0.717) is 45.4 Å². The molecule has 0 saturated heterocycles. The van der Waals surface area contributed by atoms with Gasteiger partial charge in [0.05, 0.1) is 44.9 Å². The Kier molecular flexibility index (Phi) is 8.90. The summed E-state index contributed by atoms with van der Waals surface area (Å²) in [5.41, 5.74) is 6.57. The Balaban J connectivity index is 2.01. The first-order valence-electron chi connectivity index (χ1n) is 6.72. The molecular formula is C14H24N2O4. The van der Waals surface area contributed by atoms with Crippen molar-refractivity contribution in [2.75, 3.05) is 46.8 Å². The fraction of sp³-hybridized carbons (Fsp3) is 0.643. The van der Waals surface area contributed by atoms with Crippen molar-refractivity contribution in [3.8, 4) is 5.75 Å². The summed E-state index contributed by atoms with van der Waals surface area (Å²) in [5.74, 6) is 0.717. The Bertz CT molecular complexity index is 344. The molecule has 2 N–H and O–H groups in total. The molecule has 0 amide bonds. The van der Waals surface area contributed by atoms with Crippen molar-refractivity contribution in [2.45, 2.75) is 13.0 Å². The summed E-state index contributed by atoms with van der Waals surface area (Å²) in [6.45, 7) is 5.20. The van der Waals surface area contributed by atoms with Crippen LogP contribution in [-0.4, -0.2) is 51.7 Å². The Morgan fingerprint density at radius 1 is 1.05 bits per heavy atom. The lowest BCUT2D eigenvalue weighted by Crippen LogP contribution is -2.12. The lowest BCUT2D eigenvalue weighted by atomic mass is 10.2. The van der Waals surface area contributed by atoms with Gasteiger partial charge in [0.2, 0.25) is 0 Å². The smallest absolute Gasteiger partial charge is 0.137 e. The highest BCUT2D eigenvalue weighted by Gasteiger charge is 2.01. The molecule has 6 nitrogen and oxygen atoms in total. The summed E-state index contributed by atoms with van der Waals surface area (Å²) in [6.07, 6.45) is 1.67. The van der Waals surface area contributed by atoms with Gasteiger partial charge in [0.25, 0.3) is 0 Å². The van der Waals surface area contributed by atoms with Crippen molar-refractivity contribution in [1.29, 1.82) is 0 Å². The number of methoxy groups -OCH3 is 1. The lowest BCUT2D eigenvalue weighted by Gasteiger charge is -2.09. The molecule has 0 aliphatic carbocycles.